The molecule has 0 aromatic heterocycles. The Morgan fingerprint density at radius 2 is 0.762 bits per heavy atom. The average Bonchev–Trinajstić information content (AvgIpc) is 2.82. The second-order valence-corrected chi connectivity index (χ2v) is 23.6. The van der Waals surface area contributed by atoms with Crippen molar-refractivity contribution in [1.29, 1.82) is 0 Å². The zero-order chi connectivity index (χ0) is 61.2. The van der Waals surface area contributed by atoms with Crippen molar-refractivity contribution < 1.29 is 89.4 Å². The first-order valence-electron chi connectivity index (χ1n) is 32.9. The van der Waals surface area contributed by atoms with Crippen LogP contribution >= 0.6 is 0 Å². The highest BCUT2D eigenvalue weighted by Gasteiger charge is 2.53. The smallest absolute Gasteiger partial charge is 0.220 e. The van der Waals surface area contributed by atoms with Gasteiger partial charge in [-0.05, 0) is 70.6 Å². The summed E-state index contributed by atoms with van der Waals surface area (Å²) in [4.78, 5) is 13.4. The highest BCUT2D eigenvalue weighted by molar-refractivity contribution is 5.76. The Morgan fingerprint density at radius 1 is 0.417 bits per heavy atom. The molecule has 0 saturated carbocycles. The summed E-state index contributed by atoms with van der Waals surface area (Å²) in [7, 11) is 0. The number of nitrogens with one attached hydrogen (secondary N) is 1. The van der Waals surface area contributed by atoms with Crippen LogP contribution < -0.4 is 5.32 Å². The first-order chi connectivity index (χ1) is 40.8. The van der Waals surface area contributed by atoms with Crippen LogP contribution in [0.25, 0.3) is 0 Å². The van der Waals surface area contributed by atoms with Crippen molar-refractivity contribution in [2.24, 2.45) is 0 Å². The van der Waals surface area contributed by atoms with Crippen molar-refractivity contribution >= 4 is 5.91 Å². The first-order valence-corrected chi connectivity index (χ1v) is 32.9. The highest BCUT2D eigenvalue weighted by Crippen LogP contribution is 2.33. The number of aliphatic hydroxyl groups is 11. The third kappa shape index (κ3) is 30.3. The number of carbonyl (C=O) groups excluding carboxylic acids is 1. The van der Waals surface area contributed by atoms with Crippen LogP contribution in [0.15, 0.2) is 48.6 Å². The Bertz CT molecular complexity index is 1720. The molecule has 490 valence electrons. The van der Waals surface area contributed by atoms with E-state index >= 15 is 0 Å². The molecule has 0 aromatic carbocycles. The molecule has 0 spiro atoms. The van der Waals surface area contributed by atoms with Crippen molar-refractivity contribution in [2.75, 3.05) is 26.4 Å². The summed E-state index contributed by atoms with van der Waals surface area (Å²) in [5.74, 6) is -0.294. The van der Waals surface area contributed by atoms with E-state index in [1.54, 1.807) is 6.08 Å². The van der Waals surface area contributed by atoms with Crippen molar-refractivity contribution in [2.45, 2.75) is 330 Å². The van der Waals surface area contributed by atoms with E-state index in [0.29, 0.717) is 12.8 Å². The van der Waals surface area contributed by atoms with Gasteiger partial charge in [-0.15, -0.1) is 0 Å². The quantitative estimate of drug-likeness (QED) is 0.0208. The average molecular weight is 1200 g/mol. The molecule has 0 radical (unpaired) electrons. The molecule has 19 nitrogen and oxygen atoms in total. The monoisotopic (exact) mass is 1200 g/mol. The summed E-state index contributed by atoms with van der Waals surface area (Å²) >= 11 is 0. The van der Waals surface area contributed by atoms with E-state index in [1.165, 1.54) is 135 Å². The number of carbonyl (C=O) groups is 1. The van der Waals surface area contributed by atoms with Gasteiger partial charge in [-0.1, -0.05) is 197 Å². The van der Waals surface area contributed by atoms with E-state index in [-0.39, 0.29) is 18.9 Å². The molecule has 19 heteroatoms. The third-order valence-electron chi connectivity index (χ3n) is 16.3. The van der Waals surface area contributed by atoms with Crippen LogP contribution in [-0.4, -0.2) is 193 Å². The summed E-state index contributed by atoms with van der Waals surface area (Å²) in [5, 5.41) is 120. The number of ether oxygens (including phenoxy) is 6. The molecule has 3 aliphatic rings. The Kier molecular flexibility index (Phi) is 43.2. The van der Waals surface area contributed by atoms with Crippen molar-refractivity contribution in [3.05, 3.63) is 48.6 Å². The van der Waals surface area contributed by atoms with Crippen molar-refractivity contribution in [3.8, 4) is 0 Å². The second-order valence-electron chi connectivity index (χ2n) is 23.6. The SMILES string of the molecule is CCCCCCCC/C=C\CCCCCCCCCC(=O)NC(COC1OC(CO)C(OC2OC(CO)C(OC3OC(CO)C(O)C(O)C3O)C(O)C2O)C(O)C1O)C(O)/C=C/CC/C=C/CC/C=C/CCCCCCCCCCCCCC. The van der Waals surface area contributed by atoms with Gasteiger partial charge in [-0.2, -0.15) is 0 Å². The van der Waals surface area contributed by atoms with Crippen molar-refractivity contribution in [1.82, 2.24) is 5.32 Å². The lowest BCUT2D eigenvalue weighted by atomic mass is 9.96. The molecule has 3 saturated heterocycles. The number of hydrogen-bond acceptors (Lipinski definition) is 18. The summed E-state index contributed by atoms with van der Waals surface area (Å²) in [6, 6.07) is -0.999. The lowest BCUT2D eigenvalue weighted by Gasteiger charge is -2.48. The number of unbranched alkanes of at least 4 members (excludes halogenated alkanes) is 27. The second kappa shape index (κ2) is 47.7. The molecule has 0 aliphatic carbocycles. The number of amides is 1. The molecule has 12 N–H and O–H groups in total. The van der Waals surface area contributed by atoms with Crippen molar-refractivity contribution in [3.63, 3.8) is 0 Å². The number of allylic oxidation sites excluding steroid dienone is 7. The minimum Gasteiger partial charge on any atom is -0.394 e. The van der Waals surface area contributed by atoms with Gasteiger partial charge >= 0.3 is 0 Å². The molecule has 3 fully saturated rings. The molecule has 84 heavy (non-hydrogen) atoms. The van der Waals surface area contributed by atoms with Crippen LogP contribution in [0.5, 0.6) is 0 Å². The molecule has 0 aromatic rings. The Labute approximate surface area is 503 Å². The van der Waals surface area contributed by atoms with Gasteiger partial charge in [0.1, 0.15) is 73.2 Å². The molecule has 17 unspecified atom stereocenters. The Morgan fingerprint density at radius 3 is 1.19 bits per heavy atom. The molecule has 0 bridgehead atoms. The normalized spacial score (nSPS) is 29.5. The molecule has 3 aliphatic heterocycles. The predicted molar refractivity (Wildman–Crippen MR) is 323 cm³/mol. The molecule has 3 rings (SSSR count). The summed E-state index contributed by atoms with van der Waals surface area (Å²) in [6.45, 7) is 1.70. The van der Waals surface area contributed by atoms with E-state index in [0.717, 1.165) is 57.8 Å². The zero-order valence-corrected chi connectivity index (χ0v) is 51.4. The summed E-state index contributed by atoms with van der Waals surface area (Å²) < 4.78 is 34.3. The molecule has 17 atom stereocenters. The fourth-order valence-corrected chi connectivity index (χ4v) is 10.9. The van der Waals surface area contributed by atoms with E-state index in [9.17, 15) is 61.0 Å². The van der Waals surface area contributed by atoms with Gasteiger partial charge in [0.05, 0.1) is 38.6 Å². The lowest BCUT2D eigenvalue weighted by Crippen LogP contribution is -2.66. The van der Waals surface area contributed by atoms with Gasteiger partial charge in [0.2, 0.25) is 5.91 Å². The maximum absolute atomic E-state index is 13.4. The van der Waals surface area contributed by atoms with E-state index in [4.69, 9.17) is 28.4 Å². The summed E-state index contributed by atoms with van der Waals surface area (Å²) in [5.41, 5.74) is 0. The molecule has 3 heterocycles. The Hall–Kier alpha value is -2.25. The van der Waals surface area contributed by atoms with Crippen LogP contribution in [0.2, 0.25) is 0 Å². The summed E-state index contributed by atoms with van der Waals surface area (Å²) in [6.07, 6.45) is 28.0. The fraction of sp³-hybridized carbons (Fsp3) is 0.862. The third-order valence-corrected chi connectivity index (χ3v) is 16.3. The van der Waals surface area contributed by atoms with Gasteiger partial charge in [0.15, 0.2) is 18.9 Å². The zero-order valence-electron chi connectivity index (χ0n) is 51.4. The predicted octanol–water partition coefficient (Wildman–Crippen LogP) is 7.43. The van der Waals surface area contributed by atoms with Crippen LogP contribution in [0.1, 0.15) is 226 Å². The van der Waals surface area contributed by atoms with Crippen LogP contribution in [0, 0.1) is 0 Å². The van der Waals surface area contributed by atoms with E-state index < -0.39 is 124 Å². The largest absolute Gasteiger partial charge is 0.394 e. The highest BCUT2D eigenvalue weighted by atomic mass is 16.8. The number of hydrogen-bond donors (Lipinski definition) is 12. The lowest BCUT2D eigenvalue weighted by molar-refractivity contribution is -0.379. The molecular formula is C65H117NO18. The van der Waals surface area contributed by atoms with E-state index in [1.807, 2.05) is 6.08 Å². The topological polar surface area (TPSA) is 307 Å². The number of aliphatic hydroxyl groups excluding tert-OH is 11. The van der Waals surface area contributed by atoms with Crippen LogP contribution in [0.4, 0.5) is 0 Å². The van der Waals surface area contributed by atoms with Gasteiger partial charge in [-0.25, -0.2) is 0 Å². The standard InChI is InChI=1S/C65H117NO18/c1-3-5-7-9-11-13-15-17-19-21-22-23-24-25-27-28-30-32-34-36-38-40-42-49(70)48(66-53(71)43-41-39-37-35-33-31-29-26-20-18-16-14-12-10-8-6-4-2)47-79-63-59(77)56(74)61(51(45-68)81-63)84-65-60(78)57(75)62(52(46-69)82-65)83-64-58(76)55(73)54(72)50(44-67)80-64/h18,20,25,27,32,34,40,42,48-52,54-65,67-70,72-78H,3-17,19,21-24,26,28-31,33,35-39,41,43-47H2,1-2H3,(H,66,71)/b20-18-,27-25+,34-32+,42-40+. The maximum atomic E-state index is 13.4. The van der Waals surface area contributed by atoms with Gasteiger partial charge in [-0.3, -0.25) is 4.79 Å². The Balaban J connectivity index is 1.49. The first kappa shape index (κ1) is 76.0. The maximum Gasteiger partial charge on any atom is 0.220 e. The minimum absolute atomic E-state index is 0.226. The van der Waals surface area contributed by atoms with Gasteiger partial charge in [0.25, 0.3) is 0 Å². The van der Waals surface area contributed by atoms with Crippen LogP contribution in [0.3, 0.4) is 0 Å². The van der Waals surface area contributed by atoms with Crippen LogP contribution in [-0.2, 0) is 33.2 Å². The fourth-order valence-electron chi connectivity index (χ4n) is 10.9. The number of rotatable bonds is 49. The minimum atomic E-state index is -1.98. The molecule has 1 amide bonds. The van der Waals surface area contributed by atoms with Gasteiger partial charge in [0, 0.05) is 6.42 Å². The molecular weight excluding hydrogens is 1080 g/mol. The van der Waals surface area contributed by atoms with Gasteiger partial charge < -0.3 is 89.9 Å². The van der Waals surface area contributed by atoms with E-state index in [2.05, 4.69) is 55.6 Å².